The predicted octanol–water partition coefficient (Wildman–Crippen LogP) is 5.58. The summed E-state index contributed by atoms with van der Waals surface area (Å²) in [5.74, 6) is 4.28. The van der Waals surface area contributed by atoms with Gasteiger partial charge in [-0.25, -0.2) is 0 Å². The van der Waals surface area contributed by atoms with E-state index >= 15 is 0 Å². The van der Waals surface area contributed by atoms with Crippen LogP contribution in [0.5, 0.6) is 0 Å². The summed E-state index contributed by atoms with van der Waals surface area (Å²) in [5, 5.41) is 0. The van der Waals surface area contributed by atoms with Gasteiger partial charge in [0.2, 0.25) is 0 Å². The topological polar surface area (TPSA) is 0 Å². The summed E-state index contributed by atoms with van der Waals surface area (Å²) >= 11 is 0. The first-order chi connectivity index (χ1) is 7.73. The number of hydrogen-bond acceptors (Lipinski definition) is 0. The lowest BCUT2D eigenvalue weighted by molar-refractivity contribution is 0.128. The van der Waals surface area contributed by atoms with Crippen molar-refractivity contribution in [3.63, 3.8) is 0 Å². The Morgan fingerprint density at radius 3 is 2.00 bits per heavy atom. The second-order valence-electron chi connectivity index (χ2n) is 7.85. The highest BCUT2D eigenvalue weighted by atomic mass is 14.4. The molecule has 0 bridgehead atoms. The van der Waals surface area contributed by atoms with Crippen LogP contribution in [-0.4, -0.2) is 0 Å². The zero-order chi connectivity index (χ0) is 13.2. The Labute approximate surface area is 110 Å². The lowest BCUT2D eigenvalue weighted by atomic mass is 9.66. The Bertz CT molecular complexity index is 219. The normalized spacial score (nSPS) is 31.9. The van der Waals surface area contributed by atoms with Gasteiger partial charge in [0.15, 0.2) is 0 Å². The first-order valence-electron chi connectivity index (χ1n) is 7.56. The van der Waals surface area contributed by atoms with Gasteiger partial charge in [-0.1, -0.05) is 48.5 Å². The molecule has 17 heavy (non-hydrogen) atoms. The summed E-state index contributed by atoms with van der Waals surface area (Å²) in [7, 11) is 0. The SMILES string of the molecule is CC(C)C1CC[CH]C(C(C)(C)C)C(C(C)C)C1. The molecule has 1 radical (unpaired) electrons. The standard InChI is InChI=1S/C17H33/c1-12(2)14-9-8-10-16(17(5,6)7)15(11-14)13(3)4/h10,12-16H,8-9,11H2,1-7H3. The third-order valence-electron chi connectivity index (χ3n) is 4.79. The molecule has 0 nitrogen and oxygen atoms in total. The molecule has 1 saturated carbocycles. The second-order valence-corrected chi connectivity index (χ2v) is 7.85. The van der Waals surface area contributed by atoms with Gasteiger partial charge >= 0.3 is 0 Å². The van der Waals surface area contributed by atoms with Crippen molar-refractivity contribution >= 4 is 0 Å². The van der Waals surface area contributed by atoms with Crippen molar-refractivity contribution in [2.75, 3.05) is 0 Å². The molecule has 3 unspecified atom stereocenters. The van der Waals surface area contributed by atoms with Gasteiger partial charge in [-0.3, -0.25) is 0 Å². The number of hydrogen-bond donors (Lipinski definition) is 0. The zero-order valence-corrected chi connectivity index (χ0v) is 13.1. The van der Waals surface area contributed by atoms with E-state index in [0.717, 1.165) is 29.6 Å². The van der Waals surface area contributed by atoms with Crippen LogP contribution in [0.15, 0.2) is 0 Å². The van der Waals surface area contributed by atoms with Gasteiger partial charge in [0, 0.05) is 0 Å². The van der Waals surface area contributed by atoms with Crippen LogP contribution in [0.3, 0.4) is 0 Å². The molecule has 0 aromatic carbocycles. The highest BCUT2D eigenvalue weighted by molar-refractivity contribution is 4.95. The lowest BCUT2D eigenvalue weighted by Gasteiger charge is -2.39. The molecule has 101 valence electrons. The first kappa shape index (κ1) is 15.1. The van der Waals surface area contributed by atoms with Crippen LogP contribution in [0.25, 0.3) is 0 Å². The fraction of sp³-hybridized carbons (Fsp3) is 0.941. The van der Waals surface area contributed by atoms with E-state index in [9.17, 15) is 0 Å². The number of rotatable bonds is 2. The molecule has 0 aromatic heterocycles. The minimum Gasteiger partial charge on any atom is -0.0625 e. The maximum absolute atomic E-state index is 2.65. The summed E-state index contributed by atoms with van der Waals surface area (Å²) in [6, 6.07) is 0. The van der Waals surface area contributed by atoms with Crippen molar-refractivity contribution in [1.82, 2.24) is 0 Å². The molecule has 0 aliphatic heterocycles. The zero-order valence-electron chi connectivity index (χ0n) is 13.1. The molecule has 1 aliphatic carbocycles. The van der Waals surface area contributed by atoms with E-state index in [1.54, 1.807) is 0 Å². The minimum absolute atomic E-state index is 0.431. The molecule has 0 spiro atoms. The van der Waals surface area contributed by atoms with E-state index in [-0.39, 0.29) is 0 Å². The molecular formula is C17H33. The molecule has 0 amide bonds. The molecule has 0 heteroatoms. The molecule has 1 rings (SSSR count). The summed E-state index contributed by atoms with van der Waals surface area (Å²) in [5.41, 5.74) is 0.431. The Morgan fingerprint density at radius 1 is 1.00 bits per heavy atom. The van der Waals surface area contributed by atoms with Crippen molar-refractivity contribution in [3.8, 4) is 0 Å². The van der Waals surface area contributed by atoms with Crippen LogP contribution in [-0.2, 0) is 0 Å². The van der Waals surface area contributed by atoms with Gasteiger partial charge in [-0.05, 0) is 60.7 Å². The Hall–Kier alpha value is 0. The largest absolute Gasteiger partial charge is 0.0625 e. The lowest BCUT2D eigenvalue weighted by Crippen LogP contribution is -2.32. The van der Waals surface area contributed by atoms with E-state index in [1.165, 1.54) is 19.3 Å². The van der Waals surface area contributed by atoms with E-state index in [4.69, 9.17) is 0 Å². The summed E-state index contributed by atoms with van der Waals surface area (Å²) in [4.78, 5) is 0. The van der Waals surface area contributed by atoms with Crippen LogP contribution in [0.2, 0.25) is 0 Å². The van der Waals surface area contributed by atoms with E-state index in [1.807, 2.05) is 0 Å². The highest BCUT2D eigenvalue weighted by Crippen LogP contribution is 2.46. The third kappa shape index (κ3) is 4.00. The molecule has 3 atom stereocenters. The fourth-order valence-corrected chi connectivity index (χ4v) is 3.57. The van der Waals surface area contributed by atoms with Gasteiger partial charge < -0.3 is 0 Å². The summed E-state index contributed by atoms with van der Waals surface area (Å²) in [6.45, 7) is 16.9. The highest BCUT2D eigenvalue weighted by Gasteiger charge is 2.37. The maximum atomic E-state index is 2.65. The van der Waals surface area contributed by atoms with E-state index in [2.05, 4.69) is 54.9 Å². The summed E-state index contributed by atoms with van der Waals surface area (Å²) < 4.78 is 0. The molecular weight excluding hydrogens is 204 g/mol. The summed E-state index contributed by atoms with van der Waals surface area (Å²) in [6.07, 6.45) is 6.82. The second kappa shape index (κ2) is 5.76. The van der Waals surface area contributed by atoms with Crippen LogP contribution in [0.1, 0.15) is 67.7 Å². The Morgan fingerprint density at radius 2 is 1.59 bits per heavy atom. The Kier molecular flexibility index (Phi) is 5.10. The minimum atomic E-state index is 0.431. The van der Waals surface area contributed by atoms with Gasteiger partial charge in [0.25, 0.3) is 0 Å². The molecule has 0 heterocycles. The van der Waals surface area contributed by atoms with E-state index < -0.39 is 0 Å². The predicted molar refractivity (Wildman–Crippen MR) is 77.8 cm³/mol. The monoisotopic (exact) mass is 237 g/mol. The average molecular weight is 237 g/mol. The van der Waals surface area contributed by atoms with Crippen molar-refractivity contribution in [3.05, 3.63) is 6.42 Å². The maximum Gasteiger partial charge on any atom is -0.0303 e. The molecule has 0 aromatic rings. The Balaban J connectivity index is 2.85. The smallest absolute Gasteiger partial charge is 0.0303 e. The van der Waals surface area contributed by atoms with Gasteiger partial charge in [0.1, 0.15) is 0 Å². The van der Waals surface area contributed by atoms with Gasteiger partial charge in [0.05, 0.1) is 0 Å². The molecule has 1 aliphatic rings. The molecule has 1 fully saturated rings. The van der Waals surface area contributed by atoms with Gasteiger partial charge in [-0.15, -0.1) is 0 Å². The van der Waals surface area contributed by atoms with Crippen molar-refractivity contribution in [1.29, 1.82) is 0 Å². The van der Waals surface area contributed by atoms with Crippen LogP contribution in [0, 0.1) is 41.4 Å². The molecule has 0 saturated heterocycles. The average Bonchev–Trinajstić information content (AvgIpc) is 2.37. The quantitative estimate of drug-likeness (QED) is 0.550. The molecule has 0 N–H and O–H groups in total. The van der Waals surface area contributed by atoms with Crippen LogP contribution >= 0.6 is 0 Å². The van der Waals surface area contributed by atoms with Crippen molar-refractivity contribution in [2.45, 2.75) is 67.7 Å². The van der Waals surface area contributed by atoms with Crippen molar-refractivity contribution in [2.24, 2.45) is 35.0 Å². The van der Waals surface area contributed by atoms with Crippen molar-refractivity contribution < 1.29 is 0 Å². The van der Waals surface area contributed by atoms with Gasteiger partial charge in [-0.2, -0.15) is 0 Å². The van der Waals surface area contributed by atoms with E-state index in [0.29, 0.717) is 5.41 Å². The third-order valence-corrected chi connectivity index (χ3v) is 4.79. The van der Waals surface area contributed by atoms with Crippen LogP contribution < -0.4 is 0 Å². The first-order valence-corrected chi connectivity index (χ1v) is 7.56. The van der Waals surface area contributed by atoms with Crippen LogP contribution in [0.4, 0.5) is 0 Å². The fourth-order valence-electron chi connectivity index (χ4n) is 3.57.